The average molecular weight is 439 g/mol. The zero-order chi connectivity index (χ0) is 21.7. The number of hydrogen-bond acceptors (Lipinski definition) is 5. The first-order chi connectivity index (χ1) is 14.3. The number of benzene rings is 1. The number of amides is 2. The molecule has 0 unspecified atom stereocenters. The zero-order valence-electron chi connectivity index (χ0n) is 17.5. The van der Waals surface area contributed by atoms with Crippen molar-refractivity contribution in [1.82, 2.24) is 13.9 Å². The Morgan fingerprint density at radius 1 is 1.20 bits per heavy atom. The third-order valence-electron chi connectivity index (χ3n) is 5.49. The minimum atomic E-state index is -3.57. The summed E-state index contributed by atoms with van der Waals surface area (Å²) in [6.07, 6.45) is 3.15. The number of rotatable bonds is 7. The standard InChI is InChI=1S/C20H30N4O5S/c1-23(2)30(27,28)24-11-5-7-15(14-24)19(25)22-18-10-4-3-9-17(18)20(26)21-13-16-8-6-12-29-16/h3-4,9-10,15-16H,5-8,11-14H2,1-2H3,(H,21,26)(H,22,25)/t15-,16-/m1/s1. The third-order valence-corrected chi connectivity index (χ3v) is 7.39. The molecule has 3 rings (SSSR count). The highest BCUT2D eigenvalue weighted by atomic mass is 32.2. The van der Waals surface area contributed by atoms with Gasteiger partial charge in [0.15, 0.2) is 0 Å². The molecule has 30 heavy (non-hydrogen) atoms. The molecule has 2 atom stereocenters. The van der Waals surface area contributed by atoms with Crippen LogP contribution in [0.4, 0.5) is 5.69 Å². The van der Waals surface area contributed by atoms with E-state index >= 15 is 0 Å². The Morgan fingerprint density at radius 2 is 1.97 bits per heavy atom. The van der Waals surface area contributed by atoms with Crippen molar-refractivity contribution in [2.45, 2.75) is 31.8 Å². The van der Waals surface area contributed by atoms with Crippen LogP contribution in [-0.4, -0.2) is 75.3 Å². The van der Waals surface area contributed by atoms with E-state index in [0.29, 0.717) is 37.2 Å². The van der Waals surface area contributed by atoms with Crippen LogP contribution in [0, 0.1) is 5.92 Å². The summed E-state index contributed by atoms with van der Waals surface area (Å²) in [6, 6.07) is 6.82. The highest BCUT2D eigenvalue weighted by Gasteiger charge is 2.33. The van der Waals surface area contributed by atoms with Gasteiger partial charge in [0.25, 0.3) is 16.1 Å². The lowest BCUT2D eigenvalue weighted by molar-refractivity contribution is -0.120. The Kier molecular flexibility index (Phi) is 7.45. The molecule has 2 amide bonds. The van der Waals surface area contributed by atoms with E-state index < -0.39 is 16.1 Å². The van der Waals surface area contributed by atoms with Gasteiger partial charge in [-0.05, 0) is 37.8 Å². The first-order valence-corrected chi connectivity index (χ1v) is 11.7. The molecule has 2 N–H and O–H groups in total. The van der Waals surface area contributed by atoms with Crippen molar-refractivity contribution in [3.8, 4) is 0 Å². The van der Waals surface area contributed by atoms with Crippen molar-refractivity contribution in [1.29, 1.82) is 0 Å². The SMILES string of the molecule is CN(C)S(=O)(=O)N1CCC[C@@H](C(=O)Nc2ccccc2C(=O)NC[C@H]2CCCO2)C1. The lowest BCUT2D eigenvalue weighted by Gasteiger charge is -2.32. The van der Waals surface area contributed by atoms with E-state index in [1.807, 2.05) is 0 Å². The summed E-state index contributed by atoms with van der Waals surface area (Å²) < 4.78 is 32.8. The fraction of sp³-hybridized carbons (Fsp3) is 0.600. The molecule has 0 spiro atoms. The van der Waals surface area contributed by atoms with Crippen molar-refractivity contribution in [2.24, 2.45) is 5.92 Å². The van der Waals surface area contributed by atoms with Crippen LogP contribution in [0.2, 0.25) is 0 Å². The molecule has 2 aliphatic rings. The molecule has 2 heterocycles. The van der Waals surface area contributed by atoms with Crippen LogP contribution >= 0.6 is 0 Å². The van der Waals surface area contributed by atoms with Gasteiger partial charge in [-0.2, -0.15) is 17.0 Å². The summed E-state index contributed by atoms with van der Waals surface area (Å²) >= 11 is 0. The fourth-order valence-corrected chi connectivity index (χ4v) is 4.92. The summed E-state index contributed by atoms with van der Waals surface area (Å²) in [6.45, 7) is 1.67. The smallest absolute Gasteiger partial charge is 0.281 e. The number of anilines is 1. The number of piperidine rings is 1. The maximum atomic E-state index is 12.9. The fourth-order valence-electron chi connectivity index (χ4n) is 3.73. The highest BCUT2D eigenvalue weighted by molar-refractivity contribution is 7.86. The predicted molar refractivity (Wildman–Crippen MR) is 113 cm³/mol. The van der Waals surface area contributed by atoms with Gasteiger partial charge in [0.05, 0.1) is 23.3 Å². The van der Waals surface area contributed by atoms with Gasteiger partial charge in [0.2, 0.25) is 5.91 Å². The molecule has 0 radical (unpaired) electrons. The van der Waals surface area contributed by atoms with Crippen molar-refractivity contribution in [3.63, 3.8) is 0 Å². The Labute approximate surface area is 177 Å². The number of carbonyl (C=O) groups is 2. The normalized spacial score (nSPS) is 22.8. The lowest BCUT2D eigenvalue weighted by atomic mass is 9.98. The molecule has 9 nitrogen and oxygen atoms in total. The van der Waals surface area contributed by atoms with Gasteiger partial charge in [-0.15, -0.1) is 0 Å². The van der Waals surface area contributed by atoms with E-state index in [1.165, 1.54) is 18.4 Å². The molecule has 0 saturated carbocycles. The van der Waals surface area contributed by atoms with Crippen LogP contribution < -0.4 is 10.6 Å². The molecule has 0 aliphatic carbocycles. The topological polar surface area (TPSA) is 108 Å². The van der Waals surface area contributed by atoms with Crippen LogP contribution in [0.5, 0.6) is 0 Å². The number of nitrogens with one attached hydrogen (secondary N) is 2. The Bertz CT molecular complexity index is 868. The number of hydrogen-bond donors (Lipinski definition) is 2. The highest BCUT2D eigenvalue weighted by Crippen LogP contribution is 2.23. The largest absolute Gasteiger partial charge is 0.376 e. The van der Waals surface area contributed by atoms with E-state index in [-0.39, 0.29) is 24.5 Å². The first-order valence-electron chi connectivity index (χ1n) is 10.3. The summed E-state index contributed by atoms with van der Waals surface area (Å²) in [7, 11) is -0.612. The molecule has 0 bridgehead atoms. The quantitative estimate of drug-likeness (QED) is 0.662. The molecule has 2 fully saturated rings. The van der Waals surface area contributed by atoms with E-state index in [2.05, 4.69) is 10.6 Å². The van der Waals surface area contributed by atoms with Gasteiger partial charge in [-0.3, -0.25) is 9.59 Å². The van der Waals surface area contributed by atoms with E-state index in [4.69, 9.17) is 4.74 Å². The lowest BCUT2D eigenvalue weighted by Crippen LogP contribution is -2.47. The second kappa shape index (κ2) is 9.86. The summed E-state index contributed by atoms with van der Waals surface area (Å²) in [4.78, 5) is 25.5. The molecule has 0 aromatic heterocycles. The van der Waals surface area contributed by atoms with Crippen LogP contribution in [-0.2, 0) is 19.7 Å². The summed E-state index contributed by atoms with van der Waals surface area (Å²) in [5.74, 6) is -1.04. The molecule has 1 aromatic carbocycles. The second-order valence-electron chi connectivity index (χ2n) is 7.87. The molecule has 10 heteroatoms. The van der Waals surface area contributed by atoms with Gasteiger partial charge >= 0.3 is 0 Å². The Morgan fingerprint density at radius 3 is 2.67 bits per heavy atom. The first kappa shape index (κ1) is 22.7. The summed E-state index contributed by atoms with van der Waals surface area (Å²) in [5, 5.41) is 5.69. The van der Waals surface area contributed by atoms with Gasteiger partial charge in [0, 0.05) is 40.3 Å². The molecular formula is C20H30N4O5S. The third kappa shape index (κ3) is 5.37. The summed E-state index contributed by atoms with van der Waals surface area (Å²) in [5.41, 5.74) is 0.789. The number of nitrogens with zero attached hydrogens (tertiary/aromatic N) is 2. The van der Waals surface area contributed by atoms with Crippen LogP contribution in [0.25, 0.3) is 0 Å². The molecule has 2 aliphatic heterocycles. The van der Waals surface area contributed by atoms with Crippen LogP contribution in [0.1, 0.15) is 36.0 Å². The number of carbonyl (C=O) groups excluding carboxylic acids is 2. The Balaban J connectivity index is 1.64. The van der Waals surface area contributed by atoms with Crippen LogP contribution in [0.3, 0.4) is 0 Å². The van der Waals surface area contributed by atoms with Gasteiger partial charge < -0.3 is 15.4 Å². The van der Waals surface area contributed by atoms with Gasteiger partial charge in [-0.1, -0.05) is 12.1 Å². The molecule has 1 aromatic rings. The predicted octanol–water partition coefficient (Wildman–Crippen LogP) is 1.05. The van der Waals surface area contributed by atoms with Crippen molar-refractivity contribution in [2.75, 3.05) is 45.7 Å². The maximum absolute atomic E-state index is 12.9. The van der Waals surface area contributed by atoms with E-state index in [0.717, 1.165) is 23.8 Å². The maximum Gasteiger partial charge on any atom is 0.281 e. The Hall–Kier alpha value is -2.01. The van der Waals surface area contributed by atoms with Gasteiger partial charge in [-0.25, -0.2) is 0 Å². The minimum absolute atomic E-state index is 0.0302. The van der Waals surface area contributed by atoms with Crippen molar-refractivity contribution in [3.05, 3.63) is 29.8 Å². The average Bonchev–Trinajstić information content (AvgIpc) is 3.26. The minimum Gasteiger partial charge on any atom is -0.376 e. The second-order valence-corrected chi connectivity index (χ2v) is 10.0. The molecular weight excluding hydrogens is 408 g/mol. The van der Waals surface area contributed by atoms with E-state index in [9.17, 15) is 18.0 Å². The monoisotopic (exact) mass is 438 g/mol. The van der Waals surface area contributed by atoms with Crippen LogP contribution in [0.15, 0.2) is 24.3 Å². The number of para-hydroxylation sites is 1. The van der Waals surface area contributed by atoms with Gasteiger partial charge in [0.1, 0.15) is 0 Å². The van der Waals surface area contributed by atoms with E-state index in [1.54, 1.807) is 24.3 Å². The number of ether oxygens (including phenoxy) is 1. The zero-order valence-corrected chi connectivity index (χ0v) is 18.3. The molecule has 166 valence electrons. The van der Waals surface area contributed by atoms with Crippen molar-refractivity contribution >= 4 is 27.7 Å². The van der Waals surface area contributed by atoms with Crippen molar-refractivity contribution < 1.29 is 22.7 Å². The molecule has 2 saturated heterocycles.